The molecule has 1 amide bonds. The van der Waals surface area contributed by atoms with Crippen molar-refractivity contribution in [1.29, 1.82) is 0 Å². The summed E-state index contributed by atoms with van der Waals surface area (Å²) in [7, 11) is 2.05. The number of hydrogen-bond acceptors (Lipinski definition) is 4. The number of aryl methyl sites for hydroxylation is 2. The smallest absolute Gasteiger partial charge is 0.263 e. The van der Waals surface area contributed by atoms with Crippen molar-refractivity contribution in [1.82, 2.24) is 14.4 Å². The average molecular weight is 333 g/mol. The van der Waals surface area contributed by atoms with Crippen LogP contribution < -0.4 is 5.56 Å². The number of aromatic nitrogens is 1. The SMILES string of the molecule is Cc1cc(C)n(CC2CCCO2)c(=O)c1C(=O)N1CCN(C)CC1. The van der Waals surface area contributed by atoms with Gasteiger partial charge in [-0.15, -0.1) is 0 Å². The van der Waals surface area contributed by atoms with Gasteiger partial charge in [0.25, 0.3) is 11.5 Å². The van der Waals surface area contributed by atoms with Crippen LogP contribution >= 0.6 is 0 Å². The van der Waals surface area contributed by atoms with Gasteiger partial charge in [-0.1, -0.05) is 0 Å². The highest BCUT2D eigenvalue weighted by Crippen LogP contribution is 2.16. The lowest BCUT2D eigenvalue weighted by atomic mass is 10.1. The third-order valence-electron chi connectivity index (χ3n) is 5.12. The van der Waals surface area contributed by atoms with Gasteiger partial charge in [-0.3, -0.25) is 9.59 Å². The predicted octanol–water partition coefficient (Wildman–Crippen LogP) is 1.03. The molecule has 1 aromatic rings. The lowest BCUT2D eigenvalue weighted by Gasteiger charge is -2.32. The molecule has 6 heteroatoms. The van der Waals surface area contributed by atoms with Crippen LogP contribution in [-0.4, -0.2) is 66.2 Å². The van der Waals surface area contributed by atoms with Gasteiger partial charge in [-0.05, 0) is 45.4 Å². The van der Waals surface area contributed by atoms with E-state index in [0.717, 1.165) is 43.8 Å². The van der Waals surface area contributed by atoms with Crippen LogP contribution in [0.25, 0.3) is 0 Å². The molecule has 2 aliphatic rings. The van der Waals surface area contributed by atoms with Crippen LogP contribution in [0.1, 0.15) is 34.5 Å². The summed E-state index contributed by atoms with van der Waals surface area (Å²) in [6.45, 7) is 8.12. The number of carbonyl (C=O) groups is 1. The highest BCUT2D eigenvalue weighted by atomic mass is 16.5. The first-order chi connectivity index (χ1) is 11.5. The highest BCUT2D eigenvalue weighted by molar-refractivity contribution is 5.95. The van der Waals surface area contributed by atoms with Crippen LogP contribution in [-0.2, 0) is 11.3 Å². The Hall–Kier alpha value is -1.66. The Balaban J connectivity index is 1.89. The Kier molecular flexibility index (Phi) is 5.06. The fourth-order valence-corrected chi connectivity index (χ4v) is 3.57. The van der Waals surface area contributed by atoms with E-state index in [1.165, 1.54) is 0 Å². The summed E-state index contributed by atoms with van der Waals surface area (Å²) in [6.07, 6.45) is 2.09. The van der Waals surface area contributed by atoms with E-state index in [9.17, 15) is 9.59 Å². The lowest BCUT2D eigenvalue weighted by Crippen LogP contribution is -2.49. The Morgan fingerprint density at radius 2 is 1.96 bits per heavy atom. The van der Waals surface area contributed by atoms with Crippen molar-refractivity contribution in [2.24, 2.45) is 0 Å². The molecule has 0 radical (unpaired) electrons. The summed E-state index contributed by atoms with van der Waals surface area (Å²) < 4.78 is 7.38. The van der Waals surface area contributed by atoms with Crippen molar-refractivity contribution in [2.45, 2.75) is 39.3 Å². The quantitative estimate of drug-likeness (QED) is 0.829. The second kappa shape index (κ2) is 7.07. The molecule has 1 unspecified atom stereocenters. The number of ether oxygens (including phenoxy) is 1. The van der Waals surface area contributed by atoms with Crippen molar-refractivity contribution in [2.75, 3.05) is 39.8 Å². The standard InChI is InChI=1S/C18H27N3O3/c1-13-11-14(2)21(12-15-5-4-10-24-15)18(23)16(13)17(22)20-8-6-19(3)7-9-20/h11,15H,4-10,12H2,1-3H3. The molecule has 2 fully saturated rings. The first-order valence-electron chi connectivity index (χ1n) is 8.78. The molecule has 2 saturated heterocycles. The first kappa shape index (κ1) is 17.2. The fourth-order valence-electron chi connectivity index (χ4n) is 3.57. The molecule has 0 N–H and O–H groups in total. The van der Waals surface area contributed by atoms with Crippen LogP contribution in [0.2, 0.25) is 0 Å². The molecule has 0 aromatic carbocycles. The molecule has 1 atom stereocenters. The molecule has 0 aliphatic carbocycles. The number of carbonyl (C=O) groups excluding carboxylic acids is 1. The molecule has 0 spiro atoms. The summed E-state index contributed by atoms with van der Waals surface area (Å²) in [5.74, 6) is -0.133. The number of rotatable bonds is 3. The van der Waals surface area contributed by atoms with Gasteiger partial charge in [0.05, 0.1) is 12.6 Å². The number of hydrogen-bond donors (Lipinski definition) is 0. The largest absolute Gasteiger partial charge is 0.376 e. The van der Waals surface area contributed by atoms with Crippen molar-refractivity contribution >= 4 is 5.91 Å². The van der Waals surface area contributed by atoms with Gasteiger partial charge in [-0.2, -0.15) is 0 Å². The van der Waals surface area contributed by atoms with Gasteiger partial charge >= 0.3 is 0 Å². The number of pyridine rings is 1. The normalized spacial score (nSPS) is 22.1. The van der Waals surface area contributed by atoms with E-state index >= 15 is 0 Å². The van der Waals surface area contributed by atoms with Crippen LogP contribution in [0.15, 0.2) is 10.9 Å². The van der Waals surface area contributed by atoms with Gasteiger partial charge < -0.3 is 19.1 Å². The zero-order valence-electron chi connectivity index (χ0n) is 14.9. The predicted molar refractivity (Wildman–Crippen MR) is 92.6 cm³/mol. The topological polar surface area (TPSA) is 54.8 Å². The number of piperazine rings is 1. The van der Waals surface area contributed by atoms with Crippen molar-refractivity contribution < 1.29 is 9.53 Å². The summed E-state index contributed by atoms with van der Waals surface area (Å²) in [5.41, 5.74) is 1.81. The first-order valence-corrected chi connectivity index (χ1v) is 8.78. The van der Waals surface area contributed by atoms with Crippen LogP contribution in [0, 0.1) is 13.8 Å². The molecule has 24 heavy (non-hydrogen) atoms. The minimum atomic E-state index is -0.174. The molecular formula is C18H27N3O3. The molecule has 1 aromatic heterocycles. The van der Waals surface area contributed by atoms with E-state index in [0.29, 0.717) is 25.2 Å². The maximum Gasteiger partial charge on any atom is 0.263 e. The van der Waals surface area contributed by atoms with Gasteiger partial charge in [0.1, 0.15) is 5.56 Å². The van der Waals surface area contributed by atoms with Crippen molar-refractivity contribution in [3.05, 3.63) is 33.2 Å². The van der Waals surface area contributed by atoms with Gasteiger partial charge in [-0.25, -0.2) is 0 Å². The minimum absolute atomic E-state index is 0.0793. The monoisotopic (exact) mass is 333 g/mol. The molecule has 2 aliphatic heterocycles. The lowest BCUT2D eigenvalue weighted by molar-refractivity contribution is 0.0658. The second-order valence-corrected chi connectivity index (χ2v) is 6.99. The van der Waals surface area contributed by atoms with Crippen LogP contribution in [0.4, 0.5) is 0 Å². The number of amides is 1. The van der Waals surface area contributed by atoms with E-state index in [2.05, 4.69) is 4.90 Å². The average Bonchev–Trinajstić information content (AvgIpc) is 3.05. The molecule has 0 saturated carbocycles. The molecule has 132 valence electrons. The van der Waals surface area contributed by atoms with E-state index in [4.69, 9.17) is 4.74 Å². The van der Waals surface area contributed by atoms with Gasteiger partial charge in [0, 0.05) is 38.5 Å². The molecule has 0 bridgehead atoms. The molecule has 6 nitrogen and oxygen atoms in total. The summed E-state index contributed by atoms with van der Waals surface area (Å²) >= 11 is 0. The zero-order chi connectivity index (χ0) is 17.3. The molecule has 3 rings (SSSR count). The third kappa shape index (κ3) is 3.39. The van der Waals surface area contributed by atoms with Crippen LogP contribution in [0.3, 0.4) is 0 Å². The number of likely N-dealkylation sites (N-methyl/N-ethyl adjacent to an activating group) is 1. The van der Waals surface area contributed by atoms with Crippen molar-refractivity contribution in [3.8, 4) is 0 Å². The fraction of sp³-hybridized carbons (Fsp3) is 0.667. The van der Waals surface area contributed by atoms with Crippen LogP contribution in [0.5, 0.6) is 0 Å². The second-order valence-electron chi connectivity index (χ2n) is 6.99. The third-order valence-corrected chi connectivity index (χ3v) is 5.12. The summed E-state index contributed by atoms with van der Waals surface area (Å²) in [4.78, 5) is 29.9. The van der Waals surface area contributed by atoms with Gasteiger partial charge in [0.2, 0.25) is 0 Å². The summed E-state index contributed by atoms with van der Waals surface area (Å²) in [5, 5.41) is 0. The van der Waals surface area contributed by atoms with E-state index in [-0.39, 0.29) is 17.6 Å². The summed E-state index contributed by atoms with van der Waals surface area (Å²) in [6, 6.07) is 1.94. The Bertz CT molecular complexity index is 669. The van der Waals surface area contributed by atoms with Crippen molar-refractivity contribution in [3.63, 3.8) is 0 Å². The van der Waals surface area contributed by atoms with E-state index in [1.807, 2.05) is 27.0 Å². The van der Waals surface area contributed by atoms with E-state index in [1.54, 1.807) is 9.47 Å². The highest BCUT2D eigenvalue weighted by Gasteiger charge is 2.26. The maximum absolute atomic E-state index is 13.0. The maximum atomic E-state index is 13.0. The molecular weight excluding hydrogens is 306 g/mol. The molecule has 3 heterocycles. The van der Waals surface area contributed by atoms with Gasteiger partial charge in [0.15, 0.2) is 0 Å². The zero-order valence-corrected chi connectivity index (χ0v) is 14.9. The Morgan fingerprint density at radius 1 is 1.25 bits per heavy atom. The Morgan fingerprint density at radius 3 is 2.58 bits per heavy atom. The number of nitrogens with zero attached hydrogens (tertiary/aromatic N) is 3. The Labute approximate surface area is 143 Å². The minimum Gasteiger partial charge on any atom is -0.376 e. The van der Waals surface area contributed by atoms with E-state index < -0.39 is 0 Å².